The highest BCUT2D eigenvalue weighted by atomic mass is 35.5. The largest absolute Gasteiger partial charge is 0.496 e. The standard InChI is InChI=1S/C14H9Cl5O/c1-6-3-4-8(20-2)7(5-6)9-10(15)12(17)14(19)13(18)11(9)16/h3-5H,1-2H3. The molecule has 0 bridgehead atoms. The Morgan fingerprint density at radius 1 is 0.800 bits per heavy atom. The van der Waals surface area contributed by atoms with E-state index >= 15 is 0 Å². The Hall–Kier alpha value is -0.310. The van der Waals surface area contributed by atoms with Crippen LogP contribution in [0.2, 0.25) is 25.1 Å². The van der Waals surface area contributed by atoms with E-state index in [0.717, 1.165) is 5.56 Å². The van der Waals surface area contributed by atoms with Crippen LogP contribution in [-0.4, -0.2) is 7.11 Å². The molecule has 1 nitrogen and oxygen atoms in total. The molecule has 106 valence electrons. The second-order valence-electron chi connectivity index (χ2n) is 4.15. The maximum Gasteiger partial charge on any atom is 0.126 e. The van der Waals surface area contributed by atoms with Crippen molar-refractivity contribution in [3.8, 4) is 16.9 Å². The Balaban J connectivity index is 2.86. The second-order valence-corrected chi connectivity index (χ2v) is 6.04. The van der Waals surface area contributed by atoms with Crippen molar-refractivity contribution >= 4 is 58.0 Å². The second kappa shape index (κ2) is 6.21. The van der Waals surface area contributed by atoms with E-state index in [-0.39, 0.29) is 25.1 Å². The third-order valence-corrected chi connectivity index (χ3v) is 5.11. The molecule has 0 amide bonds. The Kier molecular flexibility index (Phi) is 4.99. The molecule has 0 saturated carbocycles. The van der Waals surface area contributed by atoms with Gasteiger partial charge in [0.15, 0.2) is 0 Å². The lowest BCUT2D eigenvalue weighted by Crippen LogP contribution is -1.92. The van der Waals surface area contributed by atoms with Crippen molar-refractivity contribution < 1.29 is 4.74 Å². The van der Waals surface area contributed by atoms with Crippen molar-refractivity contribution in [2.45, 2.75) is 6.92 Å². The van der Waals surface area contributed by atoms with E-state index in [1.165, 1.54) is 0 Å². The molecular formula is C14H9Cl5O. The third-order valence-electron chi connectivity index (χ3n) is 2.83. The molecule has 0 unspecified atom stereocenters. The van der Waals surface area contributed by atoms with Gasteiger partial charge in [-0.1, -0.05) is 69.6 Å². The quantitative estimate of drug-likeness (QED) is 0.411. The summed E-state index contributed by atoms with van der Waals surface area (Å²) in [6.07, 6.45) is 0. The van der Waals surface area contributed by atoms with E-state index in [1.807, 2.05) is 25.1 Å². The summed E-state index contributed by atoms with van der Waals surface area (Å²) in [6.45, 7) is 1.95. The summed E-state index contributed by atoms with van der Waals surface area (Å²) in [6, 6.07) is 5.64. The van der Waals surface area contributed by atoms with Gasteiger partial charge in [-0.15, -0.1) is 0 Å². The van der Waals surface area contributed by atoms with Crippen molar-refractivity contribution in [1.82, 2.24) is 0 Å². The van der Waals surface area contributed by atoms with Gasteiger partial charge in [-0.2, -0.15) is 0 Å². The fraction of sp³-hybridized carbons (Fsp3) is 0.143. The smallest absolute Gasteiger partial charge is 0.126 e. The zero-order valence-electron chi connectivity index (χ0n) is 10.5. The molecule has 2 aromatic carbocycles. The van der Waals surface area contributed by atoms with Crippen molar-refractivity contribution in [2.75, 3.05) is 7.11 Å². The summed E-state index contributed by atoms with van der Waals surface area (Å²) in [5, 5.41) is 0.964. The predicted molar refractivity (Wildman–Crippen MR) is 88.2 cm³/mol. The number of rotatable bonds is 2. The molecule has 0 N–H and O–H groups in total. The van der Waals surface area contributed by atoms with Gasteiger partial charge in [-0.05, 0) is 19.1 Å². The van der Waals surface area contributed by atoms with E-state index in [9.17, 15) is 0 Å². The number of benzene rings is 2. The molecule has 0 atom stereocenters. The molecule has 0 heterocycles. The summed E-state index contributed by atoms with van der Waals surface area (Å²) in [5.41, 5.74) is 2.24. The average Bonchev–Trinajstić information content (AvgIpc) is 2.43. The Morgan fingerprint density at radius 3 is 1.80 bits per heavy atom. The molecule has 0 spiro atoms. The minimum Gasteiger partial charge on any atom is -0.496 e. The van der Waals surface area contributed by atoms with Crippen LogP contribution in [0.5, 0.6) is 5.75 Å². The molecule has 2 aromatic rings. The molecule has 0 aliphatic heterocycles. The molecule has 0 aromatic heterocycles. The van der Waals surface area contributed by atoms with Gasteiger partial charge in [0.2, 0.25) is 0 Å². The fourth-order valence-corrected chi connectivity index (χ4v) is 3.20. The van der Waals surface area contributed by atoms with Crippen molar-refractivity contribution in [2.24, 2.45) is 0 Å². The first-order valence-corrected chi connectivity index (χ1v) is 7.44. The molecule has 0 radical (unpaired) electrons. The van der Waals surface area contributed by atoms with E-state index < -0.39 is 0 Å². The lowest BCUT2D eigenvalue weighted by molar-refractivity contribution is 0.416. The number of methoxy groups -OCH3 is 1. The Morgan fingerprint density at radius 2 is 1.30 bits per heavy atom. The maximum atomic E-state index is 6.28. The lowest BCUT2D eigenvalue weighted by atomic mass is 10.0. The van der Waals surface area contributed by atoms with Crippen molar-refractivity contribution in [3.63, 3.8) is 0 Å². The zero-order chi connectivity index (χ0) is 15.0. The lowest BCUT2D eigenvalue weighted by Gasteiger charge is -2.15. The number of hydrogen-bond donors (Lipinski definition) is 0. The van der Waals surface area contributed by atoms with E-state index in [2.05, 4.69) is 0 Å². The first kappa shape index (κ1) is 16.1. The molecular weight excluding hydrogens is 361 g/mol. The van der Waals surface area contributed by atoms with Crippen LogP contribution in [0.25, 0.3) is 11.1 Å². The summed E-state index contributed by atoms with van der Waals surface area (Å²) >= 11 is 30.7. The topological polar surface area (TPSA) is 9.23 Å². The Labute approximate surface area is 142 Å². The molecule has 0 aliphatic carbocycles. The van der Waals surface area contributed by atoms with Crippen LogP contribution in [0, 0.1) is 6.92 Å². The predicted octanol–water partition coefficient (Wildman–Crippen LogP) is 6.94. The van der Waals surface area contributed by atoms with Gasteiger partial charge in [0, 0.05) is 11.1 Å². The fourth-order valence-electron chi connectivity index (χ4n) is 1.86. The van der Waals surface area contributed by atoms with Crippen molar-refractivity contribution in [1.29, 1.82) is 0 Å². The van der Waals surface area contributed by atoms with Gasteiger partial charge >= 0.3 is 0 Å². The normalized spacial score (nSPS) is 10.8. The van der Waals surface area contributed by atoms with Crippen LogP contribution >= 0.6 is 58.0 Å². The maximum absolute atomic E-state index is 6.28. The van der Waals surface area contributed by atoms with Crippen LogP contribution < -0.4 is 4.74 Å². The van der Waals surface area contributed by atoms with Gasteiger partial charge in [0.1, 0.15) is 5.75 Å². The van der Waals surface area contributed by atoms with E-state index in [0.29, 0.717) is 16.9 Å². The van der Waals surface area contributed by atoms with Crippen LogP contribution in [0.15, 0.2) is 18.2 Å². The summed E-state index contributed by atoms with van der Waals surface area (Å²) in [4.78, 5) is 0. The Bertz CT molecular complexity index is 653. The molecule has 0 aliphatic rings. The van der Waals surface area contributed by atoms with Gasteiger partial charge in [-0.3, -0.25) is 0 Å². The van der Waals surface area contributed by atoms with Gasteiger partial charge < -0.3 is 4.74 Å². The highest BCUT2D eigenvalue weighted by Gasteiger charge is 2.22. The van der Waals surface area contributed by atoms with Crippen LogP contribution in [-0.2, 0) is 0 Å². The minimum absolute atomic E-state index is 0.138. The number of aryl methyl sites for hydroxylation is 1. The SMILES string of the molecule is COc1ccc(C)cc1-c1c(Cl)c(Cl)c(Cl)c(Cl)c1Cl. The first-order valence-electron chi connectivity index (χ1n) is 5.55. The number of ether oxygens (including phenoxy) is 1. The summed E-state index contributed by atoms with van der Waals surface area (Å²) < 4.78 is 5.34. The summed E-state index contributed by atoms with van der Waals surface area (Å²) in [7, 11) is 1.56. The number of halogens is 5. The molecule has 6 heteroatoms. The molecule has 0 fully saturated rings. The van der Waals surface area contributed by atoms with Crippen molar-refractivity contribution in [3.05, 3.63) is 48.9 Å². The third kappa shape index (κ3) is 2.70. The van der Waals surface area contributed by atoms with Gasteiger partial charge in [0.05, 0.1) is 32.2 Å². The molecule has 0 saturated heterocycles. The minimum atomic E-state index is 0.138. The van der Waals surface area contributed by atoms with E-state index in [4.69, 9.17) is 62.7 Å². The average molecular weight is 370 g/mol. The number of hydrogen-bond acceptors (Lipinski definition) is 1. The van der Waals surface area contributed by atoms with Crippen LogP contribution in [0.4, 0.5) is 0 Å². The highest BCUT2D eigenvalue weighted by Crippen LogP contribution is 2.50. The van der Waals surface area contributed by atoms with Gasteiger partial charge in [-0.25, -0.2) is 0 Å². The van der Waals surface area contributed by atoms with Gasteiger partial charge in [0.25, 0.3) is 0 Å². The molecule has 2 rings (SSSR count). The monoisotopic (exact) mass is 368 g/mol. The molecule has 20 heavy (non-hydrogen) atoms. The zero-order valence-corrected chi connectivity index (χ0v) is 14.3. The summed E-state index contributed by atoms with van der Waals surface area (Å²) in [5.74, 6) is 0.619. The van der Waals surface area contributed by atoms with Crippen LogP contribution in [0.1, 0.15) is 5.56 Å². The van der Waals surface area contributed by atoms with E-state index in [1.54, 1.807) is 7.11 Å². The first-order chi connectivity index (χ1) is 9.38. The van der Waals surface area contributed by atoms with Crippen LogP contribution in [0.3, 0.4) is 0 Å². The highest BCUT2D eigenvalue weighted by molar-refractivity contribution is 6.56.